The normalized spacial score (nSPS) is 12.5. The van der Waals surface area contributed by atoms with Gasteiger partial charge in [0, 0.05) is 4.47 Å². The largest absolute Gasteiger partial charge is 0.465 e. The molecule has 1 atom stereocenters. The van der Waals surface area contributed by atoms with E-state index >= 15 is 0 Å². The molecule has 0 aliphatic heterocycles. The molecule has 0 aliphatic rings. The lowest BCUT2D eigenvalue weighted by molar-refractivity contribution is 0.0600. The Balaban J connectivity index is 2.58. The van der Waals surface area contributed by atoms with Crippen molar-refractivity contribution < 1.29 is 14.6 Å². The predicted molar refractivity (Wildman–Crippen MR) is 79.3 cm³/mol. The van der Waals surface area contributed by atoms with E-state index in [0.717, 1.165) is 29.3 Å². The molecule has 1 rings (SSSR count). The van der Waals surface area contributed by atoms with Crippen LogP contribution in [0.25, 0.3) is 0 Å². The van der Waals surface area contributed by atoms with Crippen LogP contribution in [0.3, 0.4) is 0 Å². The first-order valence-corrected chi connectivity index (χ1v) is 7.29. The molecule has 0 spiro atoms. The van der Waals surface area contributed by atoms with Crippen LogP contribution in [0.4, 0.5) is 0 Å². The van der Waals surface area contributed by atoms with Crippen molar-refractivity contribution >= 4 is 21.9 Å². The molecule has 3 nitrogen and oxygen atoms in total. The maximum Gasteiger partial charge on any atom is 0.337 e. The monoisotopic (exact) mass is 328 g/mol. The SMILES string of the molecule is COC(=O)c1ccc(CCC[C@H](O)C(C)C)c(Br)c1. The summed E-state index contributed by atoms with van der Waals surface area (Å²) in [6.07, 6.45) is 2.36. The molecular weight excluding hydrogens is 308 g/mol. The van der Waals surface area contributed by atoms with Crippen LogP contribution in [0.2, 0.25) is 0 Å². The van der Waals surface area contributed by atoms with Gasteiger partial charge >= 0.3 is 5.97 Å². The number of aliphatic hydroxyl groups is 1. The molecule has 106 valence electrons. The van der Waals surface area contributed by atoms with E-state index < -0.39 is 0 Å². The van der Waals surface area contributed by atoms with Crippen molar-refractivity contribution in [1.82, 2.24) is 0 Å². The number of hydrogen-bond acceptors (Lipinski definition) is 3. The first kappa shape index (κ1) is 16.2. The van der Waals surface area contributed by atoms with Gasteiger partial charge in [-0.25, -0.2) is 4.79 Å². The van der Waals surface area contributed by atoms with Crippen molar-refractivity contribution in [3.63, 3.8) is 0 Å². The molecule has 0 amide bonds. The van der Waals surface area contributed by atoms with E-state index in [-0.39, 0.29) is 12.1 Å². The number of benzene rings is 1. The predicted octanol–water partition coefficient (Wildman–Crippen LogP) is 3.58. The molecule has 4 heteroatoms. The number of carbonyl (C=O) groups excluding carboxylic acids is 1. The summed E-state index contributed by atoms with van der Waals surface area (Å²) in [6.45, 7) is 4.04. The van der Waals surface area contributed by atoms with E-state index in [2.05, 4.69) is 20.7 Å². The lowest BCUT2D eigenvalue weighted by atomic mass is 9.99. The molecule has 0 aliphatic carbocycles. The van der Waals surface area contributed by atoms with Crippen LogP contribution in [-0.2, 0) is 11.2 Å². The van der Waals surface area contributed by atoms with Gasteiger partial charge in [0.05, 0.1) is 18.8 Å². The lowest BCUT2D eigenvalue weighted by Gasteiger charge is -2.14. The summed E-state index contributed by atoms with van der Waals surface area (Å²) in [6, 6.07) is 5.48. The number of carbonyl (C=O) groups is 1. The van der Waals surface area contributed by atoms with Crippen LogP contribution in [-0.4, -0.2) is 24.3 Å². The second-order valence-electron chi connectivity index (χ2n) is 5.00. The minimum absolute atomic E-state index is 0.242. The maximum absolute atomic E-state index is 11.4. The lowest BCUT2D eigenvalue weighted by Crippen LogP contribution is -2.14. The second-order valence-corrected chi connectivity index (χ2v) is 5.86. The van der Waals surface area contributed by atoms with Gasteiger partial charge in [-0.1, -0.05) is 35.8 Å². The van der Waals surface area contributed by atoms with Gasteiger partial charge in [-0.05, 0) is 42.9 Å². The zero-order valence-corrected chi connectivity index (χ0v) is 13.2. The minimum Gasteiger partial charge on any atom is -0.465 e. The first-order chi connectivity index (χ1) is 8.95. The van der Waals surface area contributed by atoms with E-state index in [1.165, 1.54) is 7.11 Å². The minimum atomic E-state index is -0.331. The second kappa shape index (κ2) is 7.65. The average Bonchev–Trinajstić information content (AvgIpc) is 2.39. The Bertz CT molecular complexity index is 429. The van der Waals surface area contributed by atoms with Crippen molar-refractivity contribution in [2.45, 2.75) is 39.2 Å². The third-order valence-corrected chi connectivity index (χ3v) is 3.93. The highest BCUT2D eigenvalue weighted by molar-refractivity contribution is 9.10. The van der Waals surface area contributed by atoms with Crippen LogP contribution in [0.5, 0.6) is 0 Å². The number of ether oxygens (including phenoxy) is 1. The van der Waals surface area contributed by atoms with Crippen molar-refractivity contribution in [3.8, 4) is 0 Å². The van der Waals surface area contributed by atoms with Gasteiger partial charge in [-0.2, -0.15) is 0 Å². The summed E-state index contributed by atoms with van der Waals surface area (Å²) in [5.41, 5.74) is 1.68. The van der Waals surface area contributed by atoms with Crippen molar-refractivity contribution in [1.29, 1.82) is 0 Å². The smallest absolute Gasteiger partial charge is 0.337 e. The van der Waals surface area contributed by atoms with Crippen LogP contribution in [0.15, 0.2) is 22.7 Å². The molecule has 0 bridgehead atoms. The van der Waals surface area contributed by atoms with E-state index in [1.54, 1.807) is 12.1 Å². The van der Waals surface area contributed by atoms with Crippen molar-refractivity contribution in [2.75, 3.05) is 7.11 Å². The van der Waals surface area contributed by atoms with Gasteiger partial charge in [0.15, 0.2) is 0 Å². The van der Waals surface area contributed by atoms with Crippen molar-refractivity contribution in [2.24, 2.45) is 5.92 Å². The van der Waals surface area contributed by atoms with Gasteiger partial charge in [-0.15, -0.1) is 0 Å². The number of aryl methyl sites for hydroxylation is 1. The van der Waals surface area contributed by atoms with Crippen molar-refractivity contribution in [3.05, 3.63) is 33.8 Å². The van der Waals surface area contributed by atoms with E-state index in [1.807, 2.05) is 19.9 Å². The number of halogens is 1. The van der Waals surface area contributed by atoms with E-state index in [4.69, 9.17) is 0 Å². The maximum atomic E-state index is 11.4. The quantitative estimate of drug-likeness (QED) is 0.812. The number of hydrogen-bond donors (Lipinski definition) is 1. The van der Waals surface area contributed by atoms with Crippen LogP contribution in [0, 0.1) is 5.92 Å². The molecule has 19 heavy (non-hydrogen) atoms. The molecule has 0 saturated heterocycles. The van der Waals surface area contributed by atoms with E-state index in [9.17, 15) is 9.90 Å². The Kier molecular flexibility index (Phi) is 6.52. The number of aliphatic hydroxyl groups excluding tert-OH is 1. The fourth-order valence-electron chi connectivity index (χ4n) is 1.83. The summed E-state index contributed by atoms with van der Waals surface area (Å²) < 4.78 is 5.59. The summed E-state index contributed by atoms with van der Waals surface area (Å²) in [5.74, 6) is -0.0346. The van der Waals surface area contributed by atoms with Gasteiger partial charge < -0.3 is 9.84 Å². The molecule has 0 fully saturated rings. The molecule has 0 unspecified atom stereocenters. The summed E-state index contributed by atoms with van der Waals surface area (Å²) in [5, 5.41) is 9.75. The Labute approximate surface area is 123 Å². The third kappa shape index (κ3) is 4.96. The molecule has 1 N–H and O–H groups in total. The fraction of sp³-hybridized carbons (Fsp3) is 0.533. The van der Waals surface area contributed by atoms with Gasteiger partial charge in [-0.3, -0.25) is 0 Å². The third-order valence-electron chi connectivity index (χ3n) is 3.19. The number of esters is 1. The zero-order chi connectivity index (χ0) is 14.4. The molecule has 0 heterocycles. The Morgan fingerprint density at radius 3 is 2.63 bits per heavy atom. The Hall–Kier alpha value is -0.870. The molecule has 1 aromatic rings. The average molecular weight is 329 g/mol. The molecule has 1 aromatic carbocycles. The topological polar surface area (TPSA) is 46.5 Å². The fourth-order valence-corrected chi connectivity index (χ4v) is 2.41. The Morgan fingerprint density at radius 1 is 1.42 bits per heavy atom. The highest BCUT2D eigenvalue weighted by atomic mass is 79.9. The number of methoxy groups -OCH3 is 1. The van der Waals surface area contributed by atoms with Crippen LogP contribution >= 0.6 is 15.9 Å². The van der Waals surface area contributed by atoms with Gasteiger partial charge in [0.25, 0.3) is 0 Å². The summed E-state index contributed by atoms with van der Waals surface area (Å²) in [4.78, 5) is 11.4. The molecule has 0 aromatic heterocycles. The standard InChI is InChI=1S/C15H21BrO3/c1-10(2)14(17)6-4-5-11-7-8-12(9-13(11)16)15(18)19-3/h7-10,14,17H,4-6H2,1-3H3/t14-/m0/s1. The zero-order valence-electron chi connectivity index (χ0n) is 11.6. The van der Waals surface area contributed by atoms with Gasteiger partial charge in [0.1, 0.15) is 0 Å². The summed E-state index contributed by atoms with van der Waals surface area (Å²) >= 11 is 3.47. The molecule has 0 radical (unpaired) electrons. The van der Waals surface area contributed by atoms with Crippen LogP contribution < -0.4 is 0 Å². The highest BCUT2D eigenvalue weighted by Crippen LogP contribution is 2.22. The highest BCUT2D eigenvalue weighted by Gasteiger charge is 2.11. The summed E-state index contributed by atoms with van der Waals surface area (Å²) in [7, 11) is 1.37. The molecular formula is C15H21BrO3. The Morgan fingerprint density at radius 2 is 2.11 bits per heavy atom. The number of rotatable bonds is 6. The van der Waals surface area contributed by atoms with E-state index in [0.29, 0.717) is 11.5 Å². The van der Waals surface area contributed by atoms with Crippen LogP contribution in [0.1, 0.15) is 42.6 Å². The first-order valence-electron chi connectivity index (χ1n) is 6.50. The van der Waals surface area contributed by atoms with Gasteiger partial charge in [0.2, 0.25) is 0 Å². The molecule has 0 saturated carbocycles.